The Balaban J connectivity index is 2.17. The third-order valence-electron chi connectivity index (χ3n) is 7.60. The highest BCUT2D eigenvalue weighted by molar-refractivity contribution is 7.92. The molecule has 47 heavy (non-hydrogen) atoms. The Morgan fingerprint density at radius 3 is 1.96 bits per heavy atom. The highest BCUT2D eigenvalue weighted by Gasteiger charge is 2.35. The van der Waals surface area contributed by atoms with Crippen LogP contribution in [0.15, 0.2) is 65.6 Å². The number of anilines is 1. The fourth-order valence-corrected chi connectivity index (χ4v) is 6.40. The average molecular weight is 672 g/mol. The Hall–Kier alpha value is -4.65. The van der Waals surface area contributed by atoms with Crippen LogP contribution < -0.4 is 33.3 Å². The first-order valence-corrected chi connectivity index (χ1v) is 16.7. The summed E-state index contributed by atoms with van der Waals surface area (Å²) < 4.78 is 56.8. The van der Waals surface area contributed by atoms with Crippen LogP contribution in [0.1, 0.15) is 38.7 Å². The molecule has 13 heteroatoms. The zero-order valence-electron chi connectivity index (χ0n) is 28.1. The largest absolute Gasteiger partial charge is 0.497 e. The number of ether oxygens (including phenoxy) is 5. The molecule has 0 heterocycles. The van der Waals surface area contributed by atoms with E-state index >= 15 is 0 Å². The first-order valence-electron chi connectivity index (χ1n) is 15.2. The van der Waals surface area contributed by atoms with E-state index in [2.05, 4.69) is 5.32 Å². The lowest BCUT2D eigenvalue weighted by atomic mass is 10.1. The number of rotatable bonds is 18. The van der Waals surface area contributed by atoms with E-state index in [1.807, 2.05) is 13.8 Å². The molecule has 0 aliphatic carbocycles. The molecule has 0 saturated carbocycles. The SMILES string of the molecule is CCCCNC(=O)[C@@H](CC)N(Cc1ccc(OC)cc1)C(=O)CN(c1cc(OC)ccc1OC)S(=O)(=O)c1ccc(OC)c(OC)c1. The van der Waals surface area contributed by atoms with Crippen molar-refractivity contribution >= 4 is 27.5 Å². The summed E-state index contributed by atoms with van der Waals surface area (Å²) >= 11 is 0. The number of methoxy groups -OCH3 is 5. The van der Waals surface area contributed by atoms with E-state index in [-0.39, 0.29) is 34.5 Å². The van der Waals surface area contributed by atoms with Gasteiger partial charge >= 0.3 is 0 Å². The highest BCUT2D eigenvalue weighted by atomic mass is 32.2. The van der Waals surface area contributed by atoms with Gasteiger partial charge in [0.2, 0.25) is 11.8 Å². The number of nitrogens with one attached hydrogen (secondary N) is 1. The number of benzene rings is 3. The summed E-state index contributed by atoms with van der Waals surface area (Å²) in [5.74, 6) is 0.759. The van der Waals surface area contributed by atoms with E-state index in [1.165, 1.54) is 57.6 Å². The molecule has 0 aromatic heterocycles. The predicted molar refractivity (Wildman–Crippen MR) is 179 cm³/mol. The Labute approximate surface area is 277 Å². The second-order valence-corrected chi connectivity index (χ2v) is 12.4. The van der Waals surface area contributed by atoms with Crippen LogP contribution >= 0.6 is 0 Å². The predicted octanol–water partition coefficient (Wildman–Crippen LogP) is 4.65. The maximum Gasteiger partial charge on any atom is 0.265 e. The van der Waals surface area contributed by atoms with Gasteiger partial charge in [-0.2, -0.15) is 0 Å². The Kier molecular flexibility index (Phi) is 13.6. The van der Waals surface area contributed by atoms with Crippen LogP contribution in [0, 0.1) is 0 Å². The summed E-state index contributed by atoms with van der Waals surface area (Å²) in [6.45, 7) is 3.67. The molecule has 3 aromatic carbocycles. The third-order valence-corrected chi connectivity index (χ3v) is 9.36. The van der Waals surface area contributed by atoms with Crippen molar-refractivity contribution in [2.75, 3.05) is 52.9 Å². The van der Waals surface area contributed by atoms with Gasteiger partial charge in [0.15, 0.2) is 11.5 Å². The lowest BCUT2D eigenvalue weighted by Gasteiger charge is -2.33. The standard InChI is InChI=1S/C34H45N3O9S/c1-8-10-19-35-34(39)28(9-2)36(22-24-11-13-25(42-3)14-12-24)33(38)23-37(29-20-26(43-4)15-17-30(29)44-5)47(40,41)27-16-18-31(45-6)32(21-27)46-7/h11-18,20-21,28H,8-10,19,22-23H2,1-7H3,(H,35,39)/t28-/m1/s1. The molecular weight excluding hydrogens is 626 g/mol. The molecule has 0 aliphatic rings. The molecule has 0 bridgehead atoms. The monoisotopic (exact) mass is 671 g/mol. The molecule has 3 rings (SSSR count). The van der Waals surface area contributed by atoms with E-state index in [0.717, 1.165) is 22.7 Å². The second-order valence-electron chi connectivity index (χ2n) is 10.5. The van der Waals surface area contributed by atoms with E-state index < -0.39 is 28.5 Å². The van der Waals surface area contributed by atoms with E-state index in [4.69, 9.17) is 23.7 Å². The molecule has 12 nitrogen and oxygen atoms in total. The molecule has 0 unspecified atom stereocenters. The van der Waals surface area contributed by atoms with Crippen LogP contribution in [0.2, 0.25) is 0 Å². The number of carbonyl (C=O) groups excluding carboxylic acids is 2. The fraction of sp³-hybridized carbons (Fsp3) is 0.412. The van der Waals surface area contributed by atoms with Crippen molar-refractivity contribution in [1.82, 2.24) is 10.2 Å². The number of sulfonamides is 1. The molecule has 0 fully saturated rings. The molecule has 256 valence electrons. The van der Waals surface area contributed by atoms with Crippen molar-refractivity contribution in [3.63, 3.8) is 0 Å². The van der Waals surface area contributed by atoms with E-state index in [9.17, 15) is 18.0 Å². The van der Waals surface area contributed by atoms with Gasteiger partial charge in [0.1, 0.15) is 29.8 Å². The number of carbonyl (C=O) groups is 2. The van der Waals surface area contributed by atoms with Gasteiger partial charge in [0.25, 0.3) is 10.0 Å². The molecule has 0 spiro atoms. The van der Waals surface area contributed by atoms with Crippen molar-refractivity contribution in [2.24, 2.45) is 0 Å². The lowest BCUT2D eigenvalue weighted by Crippen LogP contribution is -2.52. The Bertz CT molecular complexity index is 1600. The molecule has 0 saturated heterocycles. The van der Waals surface area contributed by atoms with Crippen LogP contribution in [-0.2, 0) is 26.2 Å². The van der Waals surface area contributed by atoms with Crippen LogP contribution in [0.4, 0.5) is 5.69 Å². The second kappa shape index (κ2) is 17.3. The normalized spacial score (nSPS) is 11.6. The summed E-state index contributed by atoms with van der Waals surface area (Å²) in [7, 11) is 2.79. The van der Waals surface area contributed by atoms with Crippen molar-refractivity contribution < 1.29 is 41.7 Å². The van der Waals surface area contributed by atoms with Crippen LogP contribution in [-0.4, -0.2) is 79.8 Å². The topological polar surface area (TPSA) is 133 Å². The van der Waals surface area contributed by atoms with Gasteiger partial charge in [0, 0.05) is 25.2 Å². The summed E-state index contributed by atoms with van der Waals surface area (Å²) in [5.41, 5.74) is 0.798. The molecule has 1 N–H and O–H groups in total. The minimum absolute atomic E-state index is 0.0437. The van der Waals surface area contributed by atoms with Gasteiger partial charge in [0.05, 0.1) is 46.1 Å². The quantitative estimate of drug-likeness (QED) is 0.192. The van der Waals surface area contributed by atoms with Crippen LogP contribution in [0.5, 0.6) is 28.7 Å². The van der Waals surface area contributed by atoms with Gasteiger partial charge in [-0.15, -0.1) is 0 Å². The summed E-state index contributed by atoms with van der Waals surface area (Å²) in [4.78, 5) is 29.2. The number of amides is 2. The minimum atomic E-state index is -4.45. The number of nitrogens with zero attached hydrogens (tertiary/aromatic N) is 2. The third kappa shape index (κ3) is 9.00. The molecule has 0 radical (unpaired) electrons. The van der Waals surface area contributed by atoms with Gasteiger partial charge < -0.3 is 33.9 Å². The Morgan fingerprint density at radius 2 is 1.38 bits per heavy atom. The smallest absolute Gasteiger partial charge is 0.265 e. The molecule has 3 aromatic rings. The first-order chi connectivity index (χ1) is 22.6. The van der Waals surface area contributed by atoms with Crippen molar-refractivity contribution in [3.8, 4) is 28.7 Å². The van der Waals surface area contributed by atoms with Gasteiger partial charge in [-0.3, -0.25) is 13.9 Å². The minimum Gasteiger partial charge on any atom is -0.497 e. The van der Waals surface area contributed by atoms with Gasteiger partial charge in [-0.05, 0) is 54.8 Å². The van der Waals surface area contributed by atoms with E-state index in [1.54, 1.807) is 43.5 Å². The average Bonchev–Trinajstić information content (AvgIpc) is 3.09. The highest BCUT2D eigenvalue weighted by Crippen LogP contribution is 2.38. The van der Waals surface area contributed by atoms with Crippen molar-refractivity contribution in [2.45, 2.75) is 50.6 Å². The molecular formula is C34H45N3O9S. The van der Waals surface area contributed by atoms with Crippen LogP contribution in [0.25, 0.3) is 0 Å². The summed E-state index contributed by atoms with van der Waals surface area (Å²) in [6, 6.07) is 15.1. The summed E-state index contributed by atoms with van der Waals surface area (Å²) in [6.07, 6.45) is 1.96. The fourth-order valence-electron chi connectivity index (χ4n) is 4.96. The zero-order valence-corrected chi connectivity index (χ0v) is 28.9. The maximum absolute atomic E-state index is 14.5. The summed E-state index contributed by atoms with van der Waals surface area (Å²) in [5, 5.41) is 2.92. The zero-order chi connectivity index (χ0) is 34.6. The number of unbranched alkanes of at least 4 members (excludes halogenated alkanes) is 1. The van der Waals surface area contributed by atoms with Gasteiger partial charge in [-0.1, -0.05) is 32.4 Å². The molecule has 0 aliphatic heterocycles. The van der Waals surface area contributed by atoms with Crippen molar-refractivity contribution in [3.05, 3.63) is 66.2 Å². The molecule has 1 atom stereocenters. The lowest BCUT2D eigenvalue weighted by molar-refractivity contribution is -0.140. The van der Waals surface area contributed by atoms with E-state index in [0.29, 0.717) is 30.2 Å². The number of hydrogen-bond acceptors (Lipinski definition) is 9. The van der Waals surface area contributed by atoms with Crippen molar-refractivity contribution in [1.29, 1.82) is 0 Å². The Morgan fingerprint density at radius 1 is 0.766 bits per heavy atom. The van der Waals surface area contributed by atoms with Gasteiger partial charge in [-0.25, -0.2) is 8.42 Å². The first kappa shape index (κ1) is 36.8. The van der Waals surface area contributed by atoms with Crippen LogP contribution in [0.3, 0.4) is 0 Å². The molecule has 2 amide bonds. The number of hydrogen-bond donors (Lipinski definition) is 1. The maximum atomic E-state index is 14.5.